The highest BCUT2D eigenvalue weighted by atomic mass is 35.5. The van der Waals surface area contributed by atoms with E-state index in [1.807, 2.05) is 23.9 Å². The van der Waals surface area contributed by atoms with Gasteiger partial charge in [0, 0.05) is 88.5 Å². The minimum absolute atomic E-state index is 0.0992. The Morgan fingerprint density at radius 2 is 1.70 bits per heavy atom. The number of benzene rings is 2. The molecule has 0 bridgehead atoms. The van der Waals surface area contributed by atoms with Crippen LogP contribution < -0.4 is 36.0 Å². The molecule has 8 heterocycles. The van der Waals surface area contributed by atoms with E-state index in [0.29, 0.717) is 70.4 Å². The molecule has 1 spiro atoms. The molecule has 2 amide bonds. The summed E-state index contributed by atoms with van der Waals surface area (Å²) >= 11 is 6.65. The maximum Gasteiger partial charge on any atom is 0.301 e. The Morgan fingerprint density at radius 1 is 0.922 bits per heavy atom. The smallest absolute Gasteiger partial charge is 0.301 e. The van der Waals surface area contributed by atoms with Gasteiger partial charge in [-0.05, 0) is 98.6 Å². The van der Waals surface area contributed by atoms with Gasteiger partial charge >= 0.3 is 5.92 Å². The first-order chi connectivity index (χ1) is 30.8. The summed E-state index contributed by atoms with van der Waals surface area (Å²) in [7, 11) is 3.53. The number of nitrogens with one attached hydrogen (secondary N) is 3. The van der Waals surface area contributed by atoms with Gasteiger partial charge in [-0.15, -0.1) is 0 Å². The van der Waals surface area contributed by atoms with Crippen LogP contribution in [-0.4, -0.2) is 105 Å². The van der Waals surface area contributed by atoms with Crippen molar-refractivity contribution in [1.82, 2.24) is 34.5 Å². The summed E-state index contributed by atoms with van der Waals surface area (Å²) < 4.78 is 39.2. The van der Waals surface area contributed by atoms with Crippen LogP contribution in [0.2, 0.25) is 5.02 Å². The SMILES string of the molecule is Cn1nc(C2CCC(=O)NC2=O)c2ccc(N3CCC(CN4CC5(CCN(c6ncc(Cl)c(Nc7ccc8c(c7)c7c(c(=O)n8C)OCC(F)(F)[C@H](C8CC8)N7)n6)CC5)C4)CC3)cc21. The Morgan fingerprint density at radius 3 is 2.45 bits per heavy atom. The van der Waals surface area contributed by atoms with Gasteiger partial charge in [0.2, 0.25) is 23.5 Å². The number of nitrogens with zero attached hydrogens (tertiary/aromatic N) is 8. The number of aromatic nitrogens is 5. The second kappa shape index (κ2) is 15.6. The zero-order valence-corrected chi connectivity index (χ0v) is 36.8. The van der Waals surface area contributed by atoms with Crippen molar-refractivity contribution in [3.8, 4) is 5.75 Å². The Hall–Kier alpha value is -5.55. The molecule has 18 heteroatoms. The number of likely N-dealkylation sites (tertiary alicyclic amines) is 1. The molecule has 2 atom stereocenters. The number of carbonyl (C=O) groups excluding carboxylic acids is 2. The van der Waals surface area contributed by atoms with E-state index in [1.54, 1.807) is 19.3 Å². The molecule has 5 aromatic rings. The average molecular weight is 896 g/mol. The second-order valence-corrected chi connectivity index (χ2v) is 19.5. The van der Waals surface area contributed by atoms with Gasteiger partial charge in [0.15, 0.2) is 12.4 Å². The van der Waals surface area contributed by atoms with Crippen LogP contribution in [0.15, 0.2) is 47.4 Å². The summed E-state index contributed by atoms with van der Waals surface area (Å²) in [5.41, 5.74) is 4.25. The van der Waals surface area contributed by atoms with Gasteiger partial charge < -0.3 is 34.6 Å². The maximum atomic E-state index is 15.2. The molecule has 6 aliphatic rings. The highest BCUT2D eigenvalue weighted by molar-refractivity contribution is 6.33. The monoisotopic (exact) mass is 895 g/mol. The summed E-state index contributed by atoms with van der Waals surface area (Å²) in [5.74, 6) is -2.61. The lowest BCUT2D eigenvalue weighted by atomic mass is 9.71. The number of alkyl halides is 2. The topological polar surface area (TPSA) is 155 Å². The second-order valence-electron chi connectivity index (χ2n) is 19.1. The Labute approximate surface area is 373 Å². The number of rotatable bonds is 8. The summed E-state index contributed by atoms with van der Waals surface area (Å²) in [6.07, 6.45) is 8.23. The molecule has 5 aliphatic heterocycles. The number of anilines is 5. The first-order valence-corrected chi connectivity index (χ1v) is 23.0. The third-order valence-corrected chi connectivity index (χ3v) is 15.0. The zero-order chi connectivity index (χ0) is 44.1. The van der Waals surface area contributed by atoms with Crippen LogP contribution in [0, 0.1) is 17.3 Å². The van der Waals surface area contributed by atoms with Crippen LogP contribution in [0.25, 0.3) is 21.8 Å². The van der Waals surface area contributed by atoms with Crippen molar-refractivity contribution in [3.63, 3.8) is 0 Å². The summed E-state index contributed by atoms with van der Waals surface area (Å²) in [6, 6.07) is 10.7. The van der Waals surface area contributed by atoms with Crippen molar-refractivity contribution >= 4 is 74.0 Å². The van der Waals surface area contributed by atoms with Gasteiger partial charge in [-0.1, -0.05) is 11.6 Å². The van der Waals surface area contributed by atoms with Gasteiger partial charge in [0.25, 0.3) is 5.56 Å². The number of ether oxygens (including phenoxy) is 1. The number of halogens is 3. The van der Waals surface area contributed by atoms with Crippen LogP contribution in [0.4, 0.5) is 37.6 Å². The molecule has 2 aromatic carbocycles. The zero-order valence-electron chi connectivity index (χ0n) is 36.0. The van der Waals surface area contributed by atoms with E-state index in [0.717, 1.165) is 88.1 Å². The highest BCUT2D eigenvalue weighted by Gasteiger charge is 2.51. The van der Waals surface area contributed by atoms with Crippen LogP contribution in [-0.2, 0) is 23.7 Å². The van der Waals surface area contributed by atoms with Crippen molar-refractivity contribution in [2.75, 3.05) is 72.9 Å². The molecule has 64 heavy (non-hydrogen) atoms. The van der Waals surface area contributed by atoms with Crippen LogP contribution in [0.3, 0.4) is 0 Å². The van der Waals surface area contributed by atoms with Gasteiger partial charge in [0.05, 0.1) is 40.6 Å². The predicted molar refractivity (Wildman–Crippen MR) is 241 cm³/mol. The molecule has 336 valence electrons. The van der Waals surface area contributed by atoms with E-state index in [-0.39, 0.29) is 29.2 Å². The average Bonchev–Trinajstić information content (AvgIpc) is 4.08. The fourth-order valence-corrected chi connectivity index (χ4v) is 11.1. The van der Waals surface area contributed by atoms with Crippen LogP contribution >= 0.6 is 11.6 Å². The molecule has 4 saturated heterocycles. The van der Waals surface area contributed by atoms with Gasteiger partial charge in [-0.2, -0.15) is 10.1 Å². The highest BCUT2D eigenvalue weighted by Crippen LogP contribution is 2.46. The number of carbonyl (C=O) groups is 2. The van der Waals surface area contributed by atoms with Gasteiger partial charge in [-0.25, -0.2) is 13.8 Å². The van der Waals surface area contributed by atoms with Crippen LogP contribution in [0.1, 0.15) is 63.0 Å². The Kier molecular flexibility index (Phi) is 10.0. The molecule has 1 saturated carbocycles. The molecule has 1 unspecified atom stereocenters. The predicted octanol–water partition coefficient (Wildman–Crippen LogP) is 6.17. The number of amides is 2. The number of piperidine rings is 3. The molecule has 11 rings (SSSR count). The minimum Gasteiger partial charge on any atom is -0.480 e. The van der Waals surface area contributed by atoms with Crippen molar-refractivity contribution < 1.29 is 23.1 Å². The summed E-state index contributed by atoms with van der Waals surface area (Å²) in [6.45, 7) is 6.17. The quantitative estimate of drug-likeness (QED) is 0.153. The number of aryl methyl sites for hydroxylation is 2. The number of imide groups is 1. The minimum atomic E-state index is -3.12. The first kappa shape index (κ1) is 41.2. The molecule has 1 aliphatic carbocycles. The fourth-order valence-electron chi connectivity index (χ4n) is 11.0. The maximum absolute atomic E-state index is 15.2. The lowest BCUT2D eigenvalue weighted by Crippen LogP contribution is -2.61. The third-order valence-electron chi connectivity index (χ3n) is 14.8. The summed E-state index contributed by atoms with van der Waals surface area (Å²) in [4.78, 5) is 54.4. The lowest BCUT2D eigenvalue weighted by Gasteiger charge is -2.55. The summed E-state index contributed by atoms with van der Waals surface area (Å²) in [5, 5.41) is 15.5. The van der Waals surface area contributed by atoms with E-state index >= 15 is 8.78 Å². The number of hydrogen-bond acceptors (Lipinski definition) is 12. The largest absolute Gasteiger partial charge is 0.480 e. The van der Waals surface area contributed by atoms with Crippen molar-refractivity contribution in [2.45, 2.75) is 69.2 Å². The lowest BCUT2D eigenvalue weighted by molar-refractivity contribution is -0.134. The fraction of sp³-hybridized carbons (Fsp3) is 0.522. The van der Waals surface area contributed by atoms with E-state index in [1.165, 1.54) is 10.3 Å². The van der Waals surface area contributed by atoms with Gasteiger partial charge in [-0.3, -0.25) is 24.4 Å². The third kappa shape index (κ3) is 7.37. The van der Waals surface area contributed by atoms with Crippen molar-refractivity contribution in [1.29, 1.82) is 0 Å². The van der Waals surface area contributed by atoms with Crippen molar-refractivity contribution in [3.05, 3.63) is 63.7 Å². The van der Waals surface area contributed by atoms with Gasteiger partial charge in [0.1, 0.15) is 5.02 Å². The molecule has 0 radical (unpaired) electrons. The molecule has 5 fully saturated rings. The Bertz CT molecular complexity index is 2750. The Balaban J connectivity index is 0.693. The van der Waals surface area contributed by atoms with Crippen LogP contribution in [0.5, 0.6) is 5.75 Å². The van der Waals surface area contributed by atoms with E-state index in [2.05, 4.69) is 53.8 Å². The number of fused-ring (bicyclic) bond motifs is 4. The van der Waals surface area contributed by atoms with Crippen molar-refractivity contribution in [2.24, 2.45) is 31.3 Å². The molecule has 15 nitrogen and oxygen atoms in total. The molecular weight excluding hydrogens is 844 g/mol. The van der Waals surface area contributed by atoms with E-state index < -0.39 is 30.0 Å². The standard InChI is InChI=1S/C46H52ClF2N11O4/c1-56-34-9-5-28(19-32(34)38-39(43(56)63)64-25-46(48,49)40(53-38)27-3-4-27)51-41-33(47)21-50-44(54-41)60-17-13-45(14-18-60)23-58(24-45)22-26-11-15-59(16-12-26)29-6-7-30-35(20-29)57(2)55-37(30)31-8-10-36(61)52-42(31)62/h5-7,9,19-21,26-27,31,40,53H,3-4,8,10-18,22-25H2,1-2H3,(H,50,51,54)(H,52,61,62)/t31?,40-/m0/s1. The molecule has 3 aromatic heterocycles. The molecule has 3 N–H and O–H groups in total. The van der Waals surface area contributed by atoms with E-state index in [4.69, 9.17) is 26.4 Å². The molecular formula is C46H52ClF2N11O4. The number of hydrogen-bond donors (Lipinski definition) is 3. The van der Waals surface area contributed by atoms with E-state index in [9.17, 15) is 14.4 Å². The number of pyridine rings is 1. The normalized spacial score (nSPS) is 23.6. The first-order valence-electron chi connectivity index (χ1n) is 22.6.